The van der Waals surface area contributed by atoms with E-state index in [9.17, 15) is 14.0 Å². The lowest BCUT2D eigenvalue weighted by molar-refractivity contribution is -0.130. The van der Waals surface area contributed by atoms with Gasteiger partial charge in [-0.25, -0.2) is 4.39 Å². The second-order valence-electron chi connectivity index (χ2n) is 7.46. The number of H-pyrrole nitrogens is 1. The molecule has 1 amide bonds. The quantitative estimate of drug-likeness (QED) is 0.667. The zero-order valence-corrected chi connectivity index (χ0v) is 17.2. The molecule has 1 saturated heterocycles. The van der Waals surface area contributed by atoms with E-state index in [4.69, 9.17) is 11.6 Å². The molecule has 0 aliphatic carbocycles. The number of hydrogen-bond donors (Lipinski definition) is 2. The summed E-state index contributed by atoms with van der Waals surface area (Å²) in [6, 6.07) is 13.6. The van der Waals surface area contributed by atoms with Gasteiger partial charge >= 0.3 is 0 Å². The number of rotatable bonds is 4. The standard InChI is InChI=1S/C22H22ClFN4O2/c1-14-13-27(8-9-28(14)17-4-5-18(23)19(24)11-17)22(30)12-25-16-3-6-20-15(10-16)2-7-21(29)26-20/h2-7,10-11,14,25H,8-9,12-13H2,1H3,(H,26,29)/t14-/m1/s1. The van der Waals surface area contributed by atoms with Crippen LogP contribution in [0.15, 0.2) is 53.3 Å². The molecule has 0 radical (unpaired) electrons. The molecule has 6 nitrogen and oxygen atoms in total. The van der Waals surface area contributed by atoms with E-state index in [2.05, 4.69) is 15.2 Å². The minimum Gasteiger partial charge on any atom is -0.376 e. The minimum absolute atomic E-state index is 0.00496. The Balaban J connectivity index is 1.36. The molecule has 1 aromatic heterocycles. The summed E-state index contributed by atoms with van der Waals surface area (Å²) in [5, 5.41) is 4.15. The highest BCUT2D eigenvalue weighted by atomic mass is 35.5. The van der Waals surface area contributed by atoms with Crippen LogP contribution < -0.4 is 15.8 Å². The molecule has 1 aliphatic heterocycles. The lowest BCUT2D eigenvalue weighted by Crippen LogP contribution is -2.54. The number of hydrogen-bond acceptors (Lipinski definition) is 4. The lowest BCUT2D eigenvalue weighted by atomic mass is 10.1. The molecule has 0 saturated carbocycles. The third kappa shape index (κ3) is 4.26. The fraction of sp³-hybridized carbons (Fsp3) is 0.273. The number of pyridine rings is 1. The number of anilines is 2. The van der Waals surface area contributed by atoms with E-state index in [-0.39, 0.29) is 29.1 Å². The maximum Gasteiger partial charge on any atom is 0.248 e. The zero-order chi connectivity index (χ0) is 21.3. The van der Waals surface area contributed by atoms with Crippen LogP contribution in [-0.2, 0) is 4.79 Å². The second kappa shape index (κ2) is 8.36. The van der Waals surface area contributed by atoms with Gasteiger partial charge < -0.3 is 20.1 Å². The van der Waals surface area contributed by atoms with Crippen LogP contribution in [0.2, 0.25) is 5.02 Å². The van der Waals surface area contributed by atoms with Gasteiger partial charge in [0.25, 0.3) is 0 Å². The maximum absolute atomic E-state index is 13.8. The van der Waals surface area contributed by atoms with E-state index in [1.807, 2.05) is 30.0 Å². The van der Waals surface area contributed by atoms with E-state index in [1.165, 1.54) is 12.1 Å². The Morgan fingerprint density at radius 3 is 2.80 bits per heavy atom. The van der Waals surface area contributed by atoms with Gasteiger partial charge in [0.15, 0.2) is 0 Å². The van der Waals surface area contributed by atoms with Gasteiger partial charge in [0.1, 0.15) is 5.82 Å². The summed E-state index contributed by atoms with van der Waals surface area (Å²) in [6.07, 6.45) is 0. The van der Waals surface area contributed by atoms with Gasteiger partial charge in [-0.2, -0.15) is 0 Å². The number of aromatic nitrogens is 1. The molecule has 0 bridgehead atoms. The summed E-state index contributed by atoms with van der Waals surface area (Å²) in [7, 11) is 0. The van der Waals surface area contributed by atoms with Crippen LogP contribution in [0.5, 0.6) is 0 Å². The molecule has 2 aromatic carbocycles. The molecular formula is C22H22ClFN4O2. The van der Waals surface area contributed by atoms with E-state index < -0.39 is 5.82 Å². The summed E-state index contributed by atoms with van der Waals surface area (Å²) >= 11 is 5.78. The molecule has 8 heteroatoms. The fourth-order valence-electron chi connectivity index (χ4n) is 3.79. The van der Waals surface area contributed by atoms with Crippen molar-refractivity contribution in [2.24, 2.45) is 0 Å². The average molecular weight is 429 g/mol. The van der Waals surface area contributed by atoms with Crippen LogP contribution in [0.4, 0.5) is 15.8 Å². The van der Waals surface area contributed by atoms with E-state index in [0.29, 0.717) is 19.6 Å². The molecule has 1 fully saturated rings. The van der Waals surface area contributed by atoms with Gasteiger partial charge in [0, 0.05) is 54.0 Å². The number of aromatic amines is 1. The van der Waals surface area contributed by atoms with Gasteiger partial charge in [-0.05, 0) is 49.4 Å². The summed E-state index contributed by atoms with van der Waals surface area (Å²) in [5.74, 6) is -0.436. The molecule has 30 heavy (non-hydrogen) atoms. The molecule has 156 valence electrons. The van der Waals surface area contributed by atoms with Crippen molar-refractivity contribution >= 4 is 39.8 Å². The van der Waals surface area contributed by atoms with Crippen molar-refractivity contribution in [1.82, 2.24) is 9.88 Å². The van der Waals surface area contributed by atoms with Crippen LogP contribution in [0.25, 0.3) is 10.9 Å². The largest absolute Gasteiger partial charge is 0.376 e. The third-order valence-corrected chi connectivity index (χ3v) is 5.69. The zero-order valence-electron chi connectivity index (χ0n) is 16.5. The second-order valence-corrected chi connectivity index (χ2v) is 7.87. The topological polar surface area (TPSA) is 68.4 Å². The monoisotopic (exact) mass is 428 g/mol. The highest BCUT2D eigenvalue weighted by Gasteiger charge is 2.27. The van der Waals surface area contributed by atoms with E-state index in [0.717, 1.165) is 22.3 Å². The van der Waals surface area contributed by atoms with Crippen LogP contribution in [-0.4, -0.2) is 48.0 Å². The van der Waals surface area contributed by atoms with Gasteiger partial charge in [-0.15, -0.1) is 0 Å². The van der Waals surface area contributed by atoms with Gasteiger partial charge in [0.05, 0.1) is 11.6 Å². The van der Waals surface area contributed by atoms with Crippen molar-refractivity contribution in [3.8, 4) is 0 Å². The Hall–Kier alpha value is -3.06. The Labute approximate surface area is 178 Å². The van der Waals surface area contributed by atoms with E-state index >= 15 is 0 Å². The third-order valence-electron chi connectivity index (χ3n) is 5.38. The van der Waals surface area contributed by atoms with E-state index in [1.54, 1.807) is 18.2 Å². The van der Waals surface area contributed by atoms with Crippen molar-refractivity contribution < 1.29 is 9.18 Å². The molecular weight excluding hydrogens is 407 g/mol. The smallest absolute Gasteiger partial charge is 0.248 e. The minimum atomic E-state index is -0.441. The van der Waals surface area contributed by atoms with Gasteiger partial charge in [-0.1, -0.05) is 11.6 Å². The predicted molar refractivity (Wildman–Crippen MR) is 118 cm³/mol. The number of nitrogens with zero attached hydrogens (tertiary/aromatic N) is 2. The molecule has 4 rings (SSSR count). The van der Waals surface area contributed by atoms with Crippen molar-refractivity contribution in [3.63, 3.8) is 0 Å². The summed E-state index contributed by atoms with van der Waals surface area (Å²) in [5.41, 5.74) is 2.19. The van der Waals surface area contributed by atoms with Crippen LogP contribution in [0.3, 0.4) is 0 Å². The Morgan fingerprint density at radius 1 is 1.20 bits per heavy atom. The maximum atomic E-state index is 13.8. The summed E-state index contributed by atoms with van der Waals surface area (Å²) in [4.78, 5) is 30.7. The van der Waals surface area contributed by atoms with Crippen molar-refractivity contribution in [1.29, 1.82) is 0 Å². The predicted octanol–water partition coefficient (Wildman–Crippen LogP) is 3.47. The number of fused-ring (bicyclic) bond motifs is 1. The number of carbonyl (C=O) groups excluding carboxylic acids is 1. The van der Waals surface area contributed by atoms with Crippen LogP contribution in [0, 0.1) is 5.82 Å². The fourth-order valence-corrected chi connectivity index (χ4v) is 3.90. The van der Waals surface area contributed by atoms with Gasteiger partial charge in [0.2, 0.25) is 11.5 Å². The lowest BCUT2D eigenvalue weighted by Gasteiger charge is -2.41. The first-order chi connectivity index (χ1) is 14.4. The summed E-state index contributed by atoms with van der Waals surface area (Å²) < 4.78 is 13.8. The highest BCUT2D eigenvalue weighted by molar-refractivity contribution is 6.30. The Kier molecular flexibility index (Phi) is 5.63. The summed E-state index contributed by atoms with van der Waals surface area (Å²) in [6.45, 7) is 3.94. The Morgan fingerprint density at radius 2 is 2.03 bits per heavy atom. The number of amides is 1. The molecule has 0 spiro atoms. The first-order valence-corrected chi connectivity index (χ1v) is 10.1. The first-order valence-electron chi connectivity index (χ1n) is 9.77. The molecule has 2 N–H and O–H groups in total. The Bertz CT molecular complexity index is 1150. The number of piperazine rings is 1. The number of nitrogens with one attached hydrogen (secondary N) is 2. The number of benzene rings is 2. The van der Waals surface area contributed by atoms with Crippen LogP contribution >= 0.6 is 11.6 Å². The van der Waals surface area contributed by atoms with Crippen molar-refractivity contribution in [3.05, 3.63) is 69.7 Å². The molecule has 2 heterocycles. The first kappa shape index (κ1) is 20.2. The number of halogens is 2. The van der Waals surface area contributed by atoms with Crippen molar-refractivity contribution in [2.75, 3.05) is 36.4 Å². The van der Waals surface area contributed by atoms with Crippen LogP contribution in [0.1, 0.15) is 6.92 Å². The molecule has 3 aromatic rings. The molecule has 1 aliphatic rings. The van der Waals surface area contributed by atoms with Gasteiger partial charge in [-0.3, -0.25) is 9.59 Å². The molecule has 0 unspecified atom stereocenters. The van der Waals surface area contributed by atoms with Crippen molar-refractivity contribution in [2.45, 2.75) is 13.0 Å². The SMILES string of the molecule is C[C@@H]1CN(C(=O)CNc2ccc3[nH]c(=O)ccc3c2)CCN1c1ccc(Cl)c(F)c1. The highest BCUT2D eigenvalue weighted by Crippen LogP contribution is 2.25. The number of carbonyl (C=O) groups is 1. The molecule has 1 atom stereocenters. The normalized spacial score (nSPS) is 16.7. The average Bonchev–Trinajstić information content (AvgIpc) is 2.74.